The SMILES string of the molecule is CN1CCCC1c1cccc(O)c1. The van der Waals surface area contributed by atoms with Crippen LogP contribution in [0.3, 0.4) is 0 Å². The van der Waals surface area contributed by atoms with E-state index in [0.717, 1.165) is 0 Å². The average molecular weight is 177 g/mol. The highest BCUT2D eigenvalue weighted by Crippen LogP contribution is 2.31. The van der Waals surface area contributed by atoms with Gasteiger partial charge in [0.2, 0.25) is 0 Å². The van der Waals surface area contributed by atoms with Crippen molar-refractivity contribution < 1.29 is 5.11 Å². The van der Waals surface area contributed by atoms with Crippen LogP contribution in [0.25, 0.3) is 0 Å². The first-order valence-electron chi connectivity index (χ1n) is 4.76. The van der Waals surface area contributed by atoms with Gasteiger partial charge in [0.05, 0.1) is 0 Å². The molecule has 0 saturated carbocycles. The summed E-state index contributed by atoms with van der Waals surface area (Å²) in [7, 11) is 2.14. The molecule has 0 spiro atoms. The number of hydrogen-bond donors (Lipinski definition) is 1. The second kappa shape index (κ2) is 3.38. The van der Waals surface area contributed by atoms with Crippen LogP contribution in [0.4, 0.5) is 0 Å². The van der Waals surface area contributed by atoms with E-state index in [2.05, 4.69) is 18.0 Å². The van der Waals surface area contributed by atoms with Gasteiger partial charge in [-0.2, -0.15) is 0 Å². The minimum Gasteiger partial charge on any atom is -0.508 e. The fraction of sp³-hybridized carbons (Fsp3) is 0.455. The van der Waals surface area contributed by atoms with Crippen LogP contribution in [0.1, 0.15) is 24.4 Å². The Morgan fingerprint density at radius 2 is 2.31 bits per heavy atom. The summed E-state index contributed by atoms with van der Waals surface area (Å²) in [5.41, 5.74) is 1.24. The van der Waals surface area contributed by atoms with E-state index >= 15 is 0 Å². The molecule has 2 rings (SSSR count). The normalized spacial score (nSPS) is 23.6. The van der Waals surface area contributed by atoms with Crippen molar-refractivity contribution in [2.24, 2.45) is 0 Å². The van der Waals surface area contributed by atoms with Crippen molar-refractivity contribution in [3.63, 3.8) is 0 Å². The van der Waals surface area contributed by atoms with Crippen molar-refractivity contribution in [3.05, 3.63) is 29.8 Å². The maximum absolute atomic E-state index is 9.34. The summed E-state index contributed by atoms with van der Waals surface area (Å²) in [5, 5.41) is 9.34. The summed E-state index contributed by atoms with van der Waals surface area (Å²) in [6, 6.07) is 8.10. The van der Waals surface area contributed by atoms with E-state index < -0.39 is 0 Å². The minimum atomic E-state index is 0.373. The van der Waals surface area contributed by atoms with Gasteiger partial charge < -0.3 is 5.11 Å². The van der Waals surface area contributed by atoms with Crippen LogP contribution in [0.2, 0.25) is 0 Å². The van der Waals surface area contributed by atoms with Crippen molar-refractivity contribution in [2.75, 3.05) is 13.6 Å². The van der Waals surface area contributed by atoms with Gasteiger partial charge >= 0.3 is 0 Å². The Morgan fingerprint density at radius 1 is 1.46 bits per heavy atom. The zero-order valence-corrected chi connectivity index (χ0v) is 7.90. The monoisotopic (exact) mass is 177 g/mol. The Hall–Kier alpha value is -1.02. The van der Waals surface area contributed by atoms with Gasteiger partial charge in [-0.15, -0.1) is 0 Å². The zero-order chi connectivity index (χ0) is 9.26. The van der Waals surface area contributed by atoms with Crippen LogP contribution in [-0.2, 0) is 0 Å². The summed E-state index contributed by atoms with van der Waals surface area (Å²) >= 11 is 0. The summed E-state index contributed by atoms with van der Waals surface area (Å²) < 4.78 is 0. The van der Waals surface area contributed by atoms with Crippen molar-refractivity contribution in [3.8, 4) is 5.75 Å². The molecule has 13 heavy (non-hydrogen) atoms. The van der Waals surface area contributed by atoms with E-state index in [1.165, 1.54) is 24.9 Å². The summed E-state index contributed by atoms with van der Waals surface area (Å²) in [6.07, 6.45) is 2.47. The molecule has 0 bridgehead atoms. The van der Waals surface area contributed by atoms with E-state index in [4.69, 9.17) is 0 Å². The lowest BCUT2D eigenvalue weighted by Crippen LogP contribution is -2.17. The molecule has 1 aromatic rings. The zero-order valence-electron chi connectivity index (χ0n) is 7.90. The molecule has 1 N–H and O–H groups in total. The third-order valence-electron chi connectivity index (χ3n) is 2.78. The molecule has 0 aliphatic carbocycles. The highest BCUT2D eigenvalue weighted by molar-refractivity contribution is 5.29. The second-order valence-corrected chi connectivity index (χ2v) is 3.73. The topological polar surface area (TPSA) is 23.5 Å². The van der Waals surface area contributed by atoms with Gasteiger partial charge in [-0.1, -0.05) is 12.1 Å². The molecule has 1 aromatic carbocycles. The molecule has 1 aliphatic heterocycles. The number of benzene rings is 1. The van der Waals surface area contributed by atoms with Gasteiger partial charge in [-0.25, -0.2) is 0 Å². The molecule has 2 heteroatoms. The average Bonchev–Trinajstić information content (AvgIpc) is 2.51. The number of rotatable bonds is 1. The standard InChI is InChI=1S/C11H15NO/c1-12-7-3-6-11(12)9-4-2-5-10(13)8-9/h2,4-5,8,11,13H,3,6-7H2,1H3. The van der Waals surface area contributed by atoms with E-state index in [9.17, 15) is 5.11 Å². The lowest BCUT2D eigenvalue weighted by atomic mass is 10.0. The van der Waals surface area contributed by atoms with Gasteiger partial charge in [-0.3, -0.25) is 4.90 Å². The first kappa shape index (κ1) is 8.57. The minimum absolute atomic E-state index is 0.373. The summed E-state index contributed by atoms with van der Waals surface area (Å²) in [6.45, 7) is 1.17. The molecule has 1 fully saturated rings. The molecule has 2 nitrogen and oxygen atoms in total. The molecule has 0 amide bonds. The Balaban J connectivity index is 2.24. The van der Waals surface area contributed by atoms with Crippen molar-refractivity contribution in [2.45, 2.75) is 18.9 Å². The second-order valence-electron chi connectivity index (χ2n) is 3.73. The molecule has 1 saturated heterocycles. The summed E-state index contributed by atoms with van der Waals surface area (Å²) in [5.74, 6) is 0.373. The Bertz CT molecular complexity index is 298. The first-order chi connectivity index (χ1) is 6.27. The number of phenolic OH excluding ortho intramolecular Hbond substituents is 1. The van der Waals surface area contributed by atoms with Crippen LogP contribution < -0.4 is 0 Å². The largest absolute Gasteiger partial charge is 0.508 e. The molecule has 1 unspecified atom stereocenters. The Labute approximate surface area is 78.8 Å². The smallest absolute Gasteiger partial charge is 0.115 e. The molecular weight excluding hydrogens is 162 g/mol. The van der Waals surface area contributed by atoms with Crippen molar-refractivity contribution in [1.29, 1.82) is 0 Å². The Kier molecular flexibility index (Phi) is 2.23. The maximum Gasteiger partial charge on any atom is 0.115 e. The van der Waals surface area contributed by atoms with E-state index in [1.54, 1.807) is 6.07 Å². The third kappa shape index (κ3) is 1.68. The highest BCUT2D eigenvalue weighted by atomic mass is 16.3. The highest BCUT2D eigenvalue weighted by Gasteiger charge is 2.22. The van der Waals surface area contributed by atoms with Crippen molar-refractivity contribution >= 4 is 0 Å². The number of nitrogens with zero attached hydrogens (tertiary/aromatic N) is 1. The van der Waals surface area contributed by atoms with Gasteiger partial charge in [0.1, 0.15) is 5.75 Å². The molecule has 0 radical (unpaired) electrons. The molecule has 1 atom stereocenters. The Morgan fingerprint density at radius 3 is 2.92 bits per heavy atom. The van der Waals surface area contributed by atoms with E-state index in [1.807, 2.05) is 12.1 Å². The van der Waals surface area contributed by atoms with Gasteiger partial charge in [0, 0.05) is 6.04 Å². The predicted molar refractivity (Wildman–Crippen MR) is 52.7 cm³/mol. The lowest BCUT2D eigenvalue weighted by Gasteiger charge is -2.19. The van der Waals surface area contributed by atoms with E-state index in [-0.39, 0.29) is 0 Å². The molecule has 70 valence electrons. The number of hydrogen-bond acceptors (Lipinski definition) is 2. The van der Waals surface area contributed by atoms with Crippen LogP contribution >= 0.6 is 0 Å². The van der Waals surface area contributed by atoms with Crippen molar-refractivity contribution in [1.82, 2.24) is 4.90 Å². The first-order valence-corrected chi connectivity index (χ1v) is 4.76. The molecular formula is C11H15NO. The predicted octanol–water partition coefficient (Wildman–Crippen LogP) is 2.16. The maximum atomic E-state index is 9.34. The number of likely N-dealkylation sites (tertiary alicyclic amines) is 1. The number of aromatic hydroxyl groups is 1. The fourth-order valence-corrected chi connectivity index (χ4v) is 2.06. The fourth-order valence-electron chi connectivity index (χ4n) is 2.06. The molecule has 0 aromatic heterocycles. The van der Waals surface area contributed by atoms with Gasteiger partial charge in [-0.05, 0) is 44.1 Å². The van der Waals surface area contributed by atoms with Crippen LogP contribution in [0.15, 0.2) is 24.3 Å². The third-order valence-corrected chi connectivity index (χ3v) is 2.78. The van der Waals surface area contributed by atoms with Crippen LogP contribution in [0, 0.1) is 0 Å². The van der Waals surface area contributed by atoms with E-state index in [0.29, 0.717) is 11.8 Å². The quantitative estimate of drug-likeness (QED) is 0.710. The molecule has 1 aliphatic rings. The summed E-state index contributed by atoms with van der Waals surface area (Å²) in [4.78, 5) is 2.34. The van der Waals surface area contributed by atoms with Crippen LogP contribution in [-0.4, -0.2) is 23.6 Å². The van der Waals surface area contributed by atoms with Crippen LogP contribution in [0.5, 0.6) is 5.75 Å². The number of phenols is 1. The molecule has 1 heterocycles. The lowest BCUT2D eigenvalue weighted by molar-refractivity contribution is 0.316. The van der Waals surface area contributed by atoms with Gasteiger partial charge in [0.15, 0.2) is 0 Å². The van der Waals surface area contributed by atoms with Gasteiger partial charge in [0.25, 0.3) is 0 Å².